The number of aromatic nitrogens is 4. The third kappa shape index (κ3) is 13.6. The number of alkyl halides is 8. The average Bonchev–Trinajstić information content (AvgIpc) is 4.22. The lowest BCUT2D eigenvalue weighted by Crippen LogP contribution is -2.44. The molecule has 4 aromatic heterocycles. The number of rotatable bonds is 5. The van der Waals surface area contributed by atoms with Gasteiger partial charge in [-0.2, -0.15) is 43.4 Å². The van der Waals surface area contributed by atoms with Crippen LogP contribution in [0.25, 0.3) is 21.8 Å². The summed E-state index contributed by atoms with van der Waals surface area (Å²) < 4.78 is 101. The Labute approximate surface area is 468 Å². The van der Waals surface area contributed by atoms with Crippen LogP contribution in [0.3, 0.4) is 0 Å². The molecule has 0 aliphatic carbocycles. The molecule has 5 N–H and O–H groups in total. The fourth-order valence-corrected chi connectivity index (χ4v) is 11.7. The molecule has 16 nitrogen and oxygen atoms in total. The smallest absolute Gasteiger partial charge is 0.383 e. The number of pyridine rings is 4. The van der Waals surface area contributed by atoms with Crippen LogP contribution in [0.1, 0.15) is 87.9 Å². The first-order valence-corrected chi connectivity index (χ1v) is 27.7. The normalized spacial score (nSPS) is 17.8. The van der Waals surface area contributed by atoms with E-state index in [1.807, 2.05) is 0 Å². The predicted molar refractivity (Wildman–Crippen MR) is 287 cm³/mol. The van der Waals surface area contributed by atoms with E-state index in [2.05, 4.69) is 24.8 Å². The van der Waals surface area contributed by atoms with Crippen LogP contribution in [0.15, 0.2) is 97.3 Å². The Balaban J connectivity index is 0.000000168. The van der Waals surface area contributed by atoms with Gasteiger partial charge in [0.25, 0.3) is 11.8 Å². The monoisotopic (exact) mass is 1190 g/mol. The molecule has 8 heterocycles. The molecule has 4 aliphatic rings. The Kier molecular flexibility index (Phi) is 18.9. The van der Waals surface area contributed by atoms with Gasteiger partial charge in [-0.05, 0) is 76.9 Å². The molecular formula is C52H45Cl3F6N8O8S2. The van der Waals surface area contributed by atoms with Crippen LogP contribution in [0.5, 0.6) is 0 Å². The maximum absolute atomic E-state index is 13.4. The van der Waals surface area contributed by atoms with Crippen molar-refractivity contribution in [2.45, 2.75) is 50.9 Å². The first-order valence-electron chi connectivity index (χ1n) is 23.6. The van der Waals surface area contributed by atoms with Crippen LogP contribution in [0.4, 0.5) is 38.0 Å². The van der Waals surface area contributed by atoms with Crippen LogP contribution >= 0.6 is 46.6 Å². The van der Waals surface area contributed by atoms with E-state index in [0.717, 1.165) is 63.0 Å². The van der Waals surface area contributed by atoms with Crippen molar-refractivity contribution in [2.24, 2.45) is 0 Å². The maximum atomic E-state index is 13.4. The maximum Gasteiger partial charge on any atom is 0.416 e. The number of carbonyl (C=O) groups excluding carboxylic acids is 3. The molecule has 2 fully saturated rings. The number of fused-ring (bicyclic) bond motifs is 6. The Bertz CT molecular complexity index is 3430. The zero-order valence-electron chi connectivity index (χ0n) is 41.0. The minimum Gasteiger partial charge on any atom is -0.383 e. The number of ether oxygens (including phenoxy) is 2. The molecule has 0 saturated carbocycles. The second-order valence-corrected chi connectivity index (χ2v) is 21.7. The lowest BCUT2D eigenvalue weighted by atomic mass is 10.0. The van der Waals surface area contributed by atoms with Crippen LogP contribution in [0.2, 0.25) is 5.02 Å². The summed E-state index contributed by atoms with van der Waals surface area (Å²) in [6.45, 7) is 2.17. The van der Waals surface area contributed by atoms with Crippen molar-refractivity contribution in [1.29, 1.82) is 0 Å². The first kappa shape index (κ1) is 58.8. The average molecular weight is 1190 g/mol. The summed E-state index contributed by atoms with van der Waals surface area (Å²) in [6.07, 6.45) is -5.85. The van der Waals surface area contributed by atoms with E-state index in [0.29, 0.717) is 77.5 Å². The number of amides is 2. The number of nitrogens with zero attached hydrogens (tertiary/aromatic N) is 6. The van der Waals surface area contributed by atoms with Gasteiger partial charge in [-0.1, -0.05) is 41.9 Å². The second-order valence-electron chi connectivity index (χ2n) is 17.7. The molecule has 0 spiro atoms. The Morgan fingerprint density at radius 2 is 1.18 bits per heavy atom. The highest BCUT2D eigenvalue weighted by atomic mass is 35.5. The molecule has 0 bridgehead atoms. The van der Waals surface area contributed by atoms with Gasteiger partial charge in [0.05, 0.1) is 84.0 Å². The standard InChI is InChI=1S/C22H19F3N4O3S.C22H19F3N4O2S.C7H5ClO3.CH2Cl2/c23-22(24,25)13-3-1-12(2-4-13)19-11-33(31)6-5-29(19)21(30)17-7-14-15-9-32-10-16(15)20(26)28-18(14)8-27-17;23-22(24,25)13-3-1-12(2-4-13)19-11-32-6-5-29(19)21(30)17-7-14-15-9-31-10-16(15)20(26)28-18(14)8-27-17;8-6-3-1-2-5(4-6)7(9)11-10;2-1-3/h1-4,7-8,19H,5-6,9-11H2,(H2,26,28);1-4,7-8,19H,5-6,9-11H2,(H2,26,28);1-4,10H;1H2/t19-,33?;19-;;/m11../s1. The number of anilines is 2. The molecule has 2 amide bonds. The predicted octanol–water partition coefficient (Wildman–Crippen LogP) is 10.8. The van der Waals surface area contributed by atoms with E-state index in [1.165, 1.54) is 53.7 Å². The molecule has 4 aliphatic heterocycles. The molecule has 79 heavy (non-hydrogen) atoms. The van der Waals surface area contributed by atoms with Crippen molar-refractivity contribution in [3.63, 3.8) is 0 Å². The lowest BCUT2D eigenvalue weighted by Gasteiger charge is -2.35. The van der Waals surface area contributed by atoms with Crippen LogP contribution < -0.4 is 11.5 Å². The van der Waals surface area contributed by atoms with Gasteiger partial charge in [0, 0.05) is 73.8 Å². The number of carbonyl (C=O) groups is 3. The number of nitrogens with two attached hydrogens (primary N) is 2. The number of thioether (sulfide) groups is 1. The summed E-state index contributed by atoms with van der Waals surface area (Å²) >= 11 is 16.8. The molecule has 3 aromatic carbocycles. The van der Waals surface area contributed by atoms with E-state index in [9.17, 15) is 44.9 Å². The van der Waals surface area contributed by atoms with E-state index in [1.54, 1.807) is 40.9 Å². The zero-order chi connectivity index (χ0) is 56.8. The van der Waals surface area contributed by atoms with Gasteiger partial charge in [-0.25, -0.2) is 24.7 Å². The minimum absolute atomic E-state index is 0.145. The molecule has 2 saturated heterocycles. The summed E-state index contributed by atoms with van der Waals surface area (Å²) in [7, 11) is -1.19. The molecule has 0 radical (unpaired) electrons. The van der Waals surface area contributed by atoms with Crippen molar-refractivity contribution in [3.8, 4) is 0 Å². The van der Waals surface area contributed by atoms with Gasteiger partial charge in [0.1, 0.15) is 23.0 Å². The fourth-order valence-electron chi connectivity index (χ4n) is 9.08. The van der Waals surface area contributed by atoms with Crippen LogP contribution in [-0.2, 0) is 63.9 Å². The van der Waals surface area contributed by atoms with Crippen molar-refractivity contribution in [2.75, 3.05) is 52.9 Å². The fraction of sp³-hybridized carbons (Fsp3) is 0.288. The van der Waals surface area contributed by atoms with Crippen molar-refractivity contribution in [1.82, 2.24) is 29.7 Å². The summed E-state index contributed by atoms with van der Waals surface area (Å²) in [4.78, 5) is 61.5. The quantitative estimate of drug-likeness (QED) is 0.0630. The highest BCUT2D eigenvalue weighted by molar-refractivity contribution is 7.99. The first-order chi connectivity index (χ1) is 37.7. The van der Waals surface area contributed by atoms with Gasteiger partial charge in [0.2, 0.25) is 0 Å². The van der Waals surface area contributed by atoms with E-state index < -0.39 is 46.3 Å². The molecule has 1 unspecified atom stereocenters. The van der Waals surface area contributed by atoms with Crippen molar-refractivity contribution < 1.29 is 64.6 Å². The zero-order valence-corrected chi connectivity index (χ0v) is 44.9. The number of halogens is 9. The van der Waals surface area contributed by atoms with Gasteiger partial charge in [-0.3, -0.25) is 18.7 Å². The highest BCUT2D eigenvalue weighted by Gasteiger charge is 2.36. The van der Waals surface area contributed by atoms with Gasteiger partial charge >= 0.3 is 18.3 Å². The number of hydrogen-bond acceptors (Lipinski definition) is 15. The molecule has 11 rings (SSSR count). The van der Waals surface area contributed by atoms with Crippen molar-refractivity contribution in [3.05, 3.63) is 164 Å². The van der Waals surface area contributed by atoms with E-state index >= 15 is 0 Å². The summed E-state index contributed by atoms with van der Waals surface area (Å²) in [6, 6.07) is 18.1. The van der Waals surface area contributed by atoms with Crippen molar-refractivity contribution >= 4 is 109 Å². The lowest BCUT2D eigenvalue weighted by molar-refractivity contribution is -0.182. The number of benzene rings is 3. The summed E-state index contributed by atoms with van der Waals surface area (Å²) in [5.41, 5.74) is 16.9. The molecule has 7 aromatic rings. The molecule has 3 atom stereocenters. The Hall–Kier alpha value is -6.38. The largest absolute Gasteiger partial charge is 0.416 e. The van der Waals surface area contributed by atoms with Crippen LogP contribution in [0, 0.1) is 0 Å². The Morgan fingerprint density at radius 3 is 1.65 bits per heavy atom. The molecular weight excluding hydrogens is 1150 g/mol. The number of hydrogen-bond donors (Lipinski definition) is 3. The SMILES string of the molecule is ClCCl.Nc1nc2cnc(C(=O)N3CCS(=O)C[C@@H]3c3ccc(C(F)(F)F)cc3)cc2c2c1COC2.Nc1nc2cnc(C(=O)N3CCSC[C@@H]3c3ccc(C(F)(F)F)cc3)cc2c2c1COC2.O=C(OO)c1cccc(Cl)c1. The summed E-state index contributed by atoms with van der Waals surface area (Å²) in [5.74, 6) is 1.10. The van der Waals surface area contributed by atoms with Gasteiger partial charge in [0.15, 0.2) is 0 Å². The highest BCUT2D eigenvalue weighted by Crippen LogP contribution is 2.38. The van der Waals surface area contributed by atoms with Crippen LogP contribution in [-0.4, -0.2) is 98.4 Å². The van der Waals surface area contributed by atoms with Gasteiger partial charge in [-0.15, -0.1) is 23.2 Å². The topological polar surface area (TPSA) is 226 Å². The third-order valence-corrected chi connectivity index (χ3v) is 15.6. The summed E-state index contributed by atoms with van der Waals surface area (Å²) in [5, 5.41) is 10.1. The van der Waals surface area contributed by atoms with Gasteiger partial charge < -0.3 is 30.7 Å². The molecule has 416 valence electrons. The molecule has 27 heteroatoms. The van der Waals surface area contributed by atoms with E-state index in [-0.39, 0.29) is 58.2 Å². The number of nitrogen functional groups attached to an aromatic ring is 2. The second kappa shape index (κ2) is 25.4. The Morgan fingerprint density at radius 1 is 0.709 bits per heavy atom. The third-order valence-electron chi connectivity index (χ3n) is 13.0. The minimum atomic E-state index is -4.46. The van der Waals surface area contributed by atoms with E-state index in [4.69, 9.17) is 61.0 Å².